The fourth-order valence-electron chi connectivity index (χ4n) is 2.93. The van der Waals surface area contributed by atoms with Gasteiger partial charge in [-0.25, -0.2) is 0 Å². The fraction of sp³-hybridized carbons (Fsp3) is 0.533. The van der Waals surface area contributed by atoms with Gasteiger partial charge in [-0.3, -0.25) is 4.79 Å². The number of ether oxygens (including phenoxy) is 1. The van der Waals surface area contributed by atoms with Crippen LogP contribution in [0.2, 0.25) is 0 Å². The third kappa shape index (κ3) is 2.51. The maximum Gasteiger partial charge on any atom is 0.242 e. The Morgan fingerprint density at radius 1 is 1.42 bits per heavy atom. The van der Waals surface area contributed by atoms with E-state index < -0.39 is 0 Å². The van der Waals surface area contributed by atoms with E-state index in [9.17, 15) is 4.79 Å². The van der Waals surface area contributed by atoms with Crippen LogP contribution >= 0.6 is 0 Å². The summed E-state index contributed by atoms with van der Waals surface area (Å²) >= 11 is 0. The maximum absolute atomic E-state index is 12.4. The van der Waals surface area contributed by atoms with Gasteiger partial charge in [-0.15, -0.1) is 0 Å². The Labute approximate surface area is 113 Å². The van der Waals surface area contributed by atoms with Gasteiger partial charge in [0.1, 0.15) is 6.04 Å². The third-order valence-electron chi connectivity index (χ3n) is 4.07. The standard InChI is InChI=1S/C15H20N2O2/c1-10-13(7-9-19-10)17-15(18)14-12-5-3-2-4-11(12)6-8-16-14/h2-5,10,13-14,16H,6-9H2,1H3,(H,17,18). The molecule has 0 aromatic heterocycles. The molecular formula is C15H20N2O2. The number of hydrogen-bond acceptors (Lipinski definition) is 3. The van der Waals surface area contributed by atoms with E-state index in [0.29, 0.717) is 0 Å². The van der Waals surface area contributed by atoms with Crippen molar-refractivity contribution in [1.29, 1.82) is 0 Å². The van der Waals surface area contributed by atoms with Crippen LogP contribution in [-0.2, 0) is 16.0 Å². The molecule has 2 aliphatic heterocycles. The molecule has 1 aromatic carbocycles. The highest BCUT2D eigenvalue weighted by Gasteiger charge is 2.31. The predicted molar refractivity (Wildman–Crippen MR) is 72.9 cm³/mol. The van der Waals surface area contributed by atoms with Crippen LogP contribution in [0.4, 0.5) is 0 Å². The van der Waals surface area contributed by atoms with Crippen LogP contribution in [-0.4, -0.2) is 31.2 Å². The molecule has 0 saturated carbocycles. The molecule has 2 heterocycles. The van der Waals surface area contributed by atoms with Crippen molar-refractivity contribution >= 4 is 5.91 Å². The van der Waals surface area contributed by atoms with Gasteiger partial charge in [-0.1, -0.05) is 24.3 Å². The van der Waals surface area contributed by atoms with Crippen LogP contribution in [0.25, 0.3) is 0 Å². The van der Waals surface area contributed by atoms with Crippen LogP contribution in [0, 0.1) is 0 Å². The molecule has 0 aliphatic carbocycles. The van der Waals surface area contributed by atoms with Crippen molar-refractivity contribution in [2.45, 2.75) is 38.0 Å². The van der Waals surface area contributed by atoms with Gasteiger partial charge in [0.05, 0.1) is 12.1 Å². The SMILES string of the molecule is CC1OCCC1NC(=O)C1NCCc2ccccc21. The van der Waals surface area contributed by atoms with E-state index >= 15 is 0 Å². The summed E-state index contributed by atoms with van der Waals surface area (Å²) in [5, 5.41) is 6.42. The highest BCUT2D eigenvalue weighted by molar-refractivity contribution is 5.84. The van der Waals surface area contributed by atoms with Gasteiger partial charge < -0.3 is 15.4 Å². The van der Waals surface area contributed by atoms with E-state index in [-0.39, 0.29) is 24.1 Å². The minimum atomic E-state index is -0.224. The summed E-state index contributed by atoms with van der Waals surface area (Å²) < 4.78 is 5.49. The Hall–Kier alpha value is -1.39. The number of fused-ring (bicyclic) bond motifs is 1. The molecule has 0 spiro atoms. The van der Waals surface area contributed by atoms with Gasteiger partial charge in [-0.05, 0) is 30.9 Å². The van der Waals surface area contributed by atoms with Gasteiger partial charge in [0.2, 0.25) is 5.91 Å². The van der Waals surface area contributed by atoms with Crippen molar-refractivity contribution in [3.8, 4) is 0 Å². The first kappa shape index (κ1) is 12.6. The number of carbonyl (C=O) groups is 1. The Morgan fingerprint density at radius 2 is 2.26 bits per heavy atom. The fourth-order valence-corrected chi connectivity index (χ4v) is 2.93. The smallest absolute Gasteiger partial charge is 0.242 e. The first-order valence-corrected chi connectivity index (χ1v) is 6.99. The first-order valence-electron chi connectivity index (χ1n) is 6.99. The minimum Gasteiger partial charge on any atom is -0.376 e. The van der Waals surface area contributed by atoms with E-state index in [1.165, 1.54) is 5.56 Å². The highest BCUT2D eigenvalue weighted by atomic mass is 16.5. The van der Waals surface area contributed by atoms with Crippen LogP contribution in [0.5, 0.6) is 0 Å². The summed E-state index contributed by atoms with van der Waals surface area (Å²) in [5.41, 5.74) is 2.38. The molecule has 4 heteroatoms. The lowest BCUT2D eigenvalue weighted by Crippen LogP contribution is -2.47. The molecule has 1 fully saturated rings. The molecule has 3 unspecified atom stereocenters. The normalized spacial score (nSPS) is 29.8. The van der Waals surface area contributed by atoms with Crippen molar-refractivity contribution in [2.24, 2.45) is 0 Å². The number of rotatable bonds is 2. The van der Waals surface area contributed by atoms with Crippen molar-refractivity contribution in [3.05, 3.63) is 35.4 Å². The molecule has 1 aromatic rings. The molecule has 1 amide bonds. The molecule has 2 aliphatic rings. The number of benzene rings is 1. The summed E-state index contributed by atoms with van der Waals surface area (Å²) in [6.45, 7) is 3.60. The van der Waals surface area contributed by atoms with Gasteiger partial charge in [0.25, 0.3) is 0 Å². The van der Waals surface area contributed by atoms with Gasteiger partial charge in [0.15, 0.2) is 0 Å². The van der Waals surface area contributed by atoms with Crippen molar-refractivity contribution in [2.75, 3.05) is 13.2 Å². The second kappa shape index (κ2) is 5.31. The Morgan fingerprint density at radius 3 is 3.05 bits per heavy atom. The zero-order chi connectivity index (χ0) is 13.2. The highest BCUT2D eigenvalue weighted by Crippen LogP contribution is 2.23. The number of nitrogens with one attached hydrogen (secondary N) is 2. The molecule has 102 valence electrons. The summed E-state index contributed by atoms with van der Waals surface area (Å²) in [4.78, 5) is 12.4. The lowest BCUT2D eigenvalue weighted by Gasteiger charge is -2.27. The molecule has 1 saturated heterocycles. The average molecular weight is 260 g/mol. The molecule has 0 bridgehead atoms. The Kier molecular flexibility index (Phi) is 3.53. The van der Waals surface area contributed by atoms with E-state index in [1.807, 2.05) is 25.1 Å². The number of hydrogen-bond donors (Lipinski definition) is 2. The molecule has 3 atom stereocenters. The quantitative estimate of drug-likeness (QED) is 0.839. The monoisotopic (exact) mass is 260 g/mol. The second-order valence-corrected chi connectivity index (χ2v) is 5.32. The summed E-state index contributed by atoms with van der Waals surface area (Å²) in [6, 6.07) is 8.10. The van der Waals surface area contributed by atoms with Crippen LogP contribution in [0.3, 0.4) is 0 Å². The lowest BCUT2D eigenvalue weighted by atomic mass is 9.93. The maximum atomic E-state index is 12.4. The largest absolute Gasteiger partial charge is 0.376 e. The summed E-state index contributed by atoms with van der Waals surface area (Å²) in [7, 11) is 0. The molecule has 3 rings (SSSR count). The van der Waals surface area contributed by atoms with Gasteiger partial charge in [-0.2, -0.15) is 0 Å². The topological polar surface area (TPSA) is 50.4 Å². The predicted octanol–water partition coefficient (Wildman–Crippen LogP) is 1.17. The first-order chi connectivity index (χ1) is 9.25. The van der Waals surface area contributed by atoms with Crippen molar-refractivity contribution < 1.29 is 9.53 Å². The van der Waals surface area contributed by atoms with Crippen LogP contribution in [0.15, 0.2) is 24.3 Å². The van der Waals surface area contributed by atoms with Gasteiger partial charge >= 0.3 is 0 Å². The van der Waals surface area contributed by atoms with E-state index in [1.54, 1.807) is 0 Å². The summed E-state index contributed by atoms with van der Waals surface area (Å²) in [6.07, 6.45) is 2.01. The minimum absolute atomic E-state index is 0.0644. The molecule has 4 nitrogen and oxygen atoms in total. The van der Waals surface area contributed by atoms with Crippen LogP contribution < -0.4 is 10.6 Å². The Balaban J connectivity index is 1.74. The molecule has 2 N–H and O–H groups in total. The van der Waals surface area contributed by atoms with Crippen LogP contribution in [0.1, 0.15) is 30.5 Å². The van der Waals surface area contributed by atoms with Gasteiger partial charge in [0, 0.05) is 13.2 Å². The molecule has 0 radical (unpaired) electrons. The molecule has 19 heavy (non-hydrogen) atoms. The van der Waals surface area contributed by atoms with Crippen molar-refractivity contribution in [1.82, 2.24) is 10.6 Å². The third-order valence-corrected chi connectivity index (χ3v) is 4.07. The van der Waals surface area contributed by atoms with Crippen molar-refractivity contribution in [3.63, 3.8) is 0 Å². The number of amides is 1. The zero-order valence-corrected chi connectivity index (χ0v) is 11.2. The number of carbonyl (C=O) groups excluding carboxylic acids is 1. The summed E-state index contributed by atoms with van der Waals surface area (Å²) in [5.74, 6) is 0.0644. The molecular weight excluding hydrogens is 240 g/mol. The zero-order valence-electron chi connectivity index (χ0n) is 11.2. The Bertz CT molecular complexity index is 475. The van der Waals surface area contributed by atoms with E-state index in [4.69, 9.17) is 4.74 Å². The second-order valence-electron chi connectivity index (χ2n) is 5.32. The average Bonchev–Trinajstić information content (AvgIpc) is 2.83. The van der Waals surface area contributed by atoms with E-state index in [2.05, 4.69) is 16.7 Å². The van der Waals surface area contributed by atoms with E-state index in [0.717, 1.165) is 31.6 Å². The lowest BCUT2D eigenvalue weighted by molar-refractivity contribution is -0.124.